The van der Waals surface area contributed by atoms with Crippen molar-refractivity contribution in [1.29, 1.82) is 0 Å². The summed E-state index contributed by atoms with van der Waals surface area (Å²) in [6.45, 7) is 10.0. The Hall–Kier alpha value is -2.28. The molecule has 1 aromatic carbocycles. The number of benzene rings is 1. The molecule has 3 N–H and O–H groups in total. The molecule has 2 heterocycles. The average Bonchev–Trinajstić information content (AvgIpc) is 2.73. The predicted octanol–water partition coefficient (Wildman–Crippen LogP) is 1.16. The van der Waals surface area contributed by atoms with Crippen molar-refractivity contribution in [3.63, 3.8) is 0 Å². The molecule has 0 aliphatic carbocycles. The summed E-state index contributed by atoms with van der Waals surface area (Å²) in [5.74, 6) is 0.960. The smallest absolute Gasteiger partial charge is 0.239 e. The molecule has 0 atom stereocenters. The van der Waals surface area contributed by atoms with Gasteiger partial charge >= 0.3 is 0 Å². The lowest BCUT2D eigenvalue weighted by Gasteiger charge is -2.28. The lowest BCUT2D eigenvalue weighted by Crippen LogP contribution is -2.47. The Morgan fingerprint density at radius 2 is 1.89 bits per heavy atom. The van der Waals surface area contributed by atoms with Gasteiger partial charge in [-0.15, -0.1) is 0 Å². The molecule has 1 amide bonds. The van der Waals surface area contributed by atoms with Gasteiger partial charge in [-0.1, -0.05) is 18.6 Å². The van der Waals surface area contributed by atoms with E-state index in [9.17, 15) is 4.79 Å². The summed E-state index contributed by atoms with van der Waals surface area (Å²) >= 11 is 0. The van der Waals surface area contributed by atoms with E-state index >= 15 is 0 Å². The van der Waals surface area contributed by atoms with Gasteiger partial charge in [0.25, 0.3) is 0 Å². The zero-order valence-corrected chi connectivity index (χ0v) is 17.0. The summed E-state index contributed by atoms with van der Waals surface area (Å²) in [7, 11) is 0. The van der Waals surface area contributed by atoms with Crippen molar-refractivity contribution in [1.82, 2.24) is 20.9 Å². The van der Waals surface area contributed by atoms with Crippen molar-refractivity contribution >= 4 is 17.6 Å². The highest BCUT2D eigenvalue weighted by Crippen LogP contribution is 2.16. The molecule has 0 unspecified atom stereocenters. The van der Waals surface area contributed by atoms with Gasteiger partial charge < -0.3 is 25.8 Å². The first-order valence-corrected chi connectivity index (χ1v) is 10.6. The Morgan fingerprint density at radius 3 is 2.61 bits per heavy atom. The summed E-state index contributed by atoms with van der Waals surface area (Å²) < 4.78 is 0. The molecular formula is C21H34N6O. The number of likely N-dealkylation sites (tertiary alicyclic amines) is 1. The maximum atomic E-state index is 11.6. The number of piperidine rings is 1. The van der Waals surface area contributed by atoms with Gasteiger partial charge in [-0.25, -0.2) is 4.99 Å². The van der Waals surface area contributed by atoms with Crippen molar-refractivity contribution in [3.8, 4) is 0 Å². The minimum absolute atomic E-state index is 0.0887. The van der Waals surface area contributed by atoms with E-state index in [-0.39, 0.29) is 5.91 Å². The summed E-state index contributed by atoms with van der Waals surface area (Å²) in [4.78, 5) is 20.9. The molecule has 28 heavy (non-hydrogen) atoms. The molecule has 2 saturated heterocycles. The number of piperazine rings is 1. The molecule has 1 aromatic rings. The molecule has 0 aromatic heterocycles. The van der Waals surface area contributed by atoms with Crippen LogP contribution in [0.4, 0.5) is 5.69 Å². The fourth-order valence-corrected chi connectivity index (χ4v) is 3.70. The van der Waals surface area contributed by atoms with Gasteiger partial charge in [0.15, 0.2) is 5.96 Å². The van der Waals surface area contributed by atoms with Crippen LogP contribution in [-0.4, -0.2) is 69.1 Å². The van der Waals surface area contributed by atoms with E-state index in [1.54, 1.807) is 0 Å². The van der Waals surface area contributed by atoms with Crippen LogP contribution < -0.4 is 20.9 Å². The molecule has 2 aliphatic heterocycles. The quantitative estimate of drug-likeness (QED) is 0.485. The topological polar surface area (TPSA) is 72.0 Å². The third-order valence-electron chi connectivity index (χ3n) is 5.27. The lowest BCUT2D eigenvalue weighted by atomic mass is 10.1. The number of carbonyl (C=O) groups excluding carboxylic acids is 1. The minimum atomic E-state index is 0.0887. The number of anilines is 1. The number of nitrogens with zero attached hydrogens (tertiary/aromatic N) is 3. The Balaban J connectivity index is 1.48. The van der Waals surface area contributed by atoms with Crippen LogP contribution in [0.25, 0.3) is 0 Å². The van der Waals surface area contributed by atoms with Crippen molar-refractivity contribution in [2.45, 2.75) is 32.7 Å². The van der Waals surface area contributed by atoms with Gasteiger partial charge in [-0.05, 0) is 50.6 Å². The number of nitrogens with one attached hydrogen (secondary N) is 3. The molecule has 3 rings (SSSR count). The SMILES string of the molecule is CCNC(=NCc1ccc(N2CCNC(=O)C2)cc1)NCCN1CCCCC1. The molecule has 2 aliphatic rings. The highest BCUT2D eigenvalue weighted by molar-refractivity contribution is 5.82. The zero-order valence-electron chi connectivity index (χ0n) is 17.0. The number of hydrogen-bond acceptors (Lipinski definition) is 4. The molecule has 0 spiro atoms. The second-order valence-electron chi connectivity index (χ2n) is 7.46. The number of amides is 1. The van der Waals surface area contributed by atoms with Crippen LogP contribution >= 0.6 is 0 Å². The predicted molar refractivity (Wildman–Crippen MR) is 115 cm³/mol. The molecule has 7 heteroatoms. The maximum Gasteiger partial charge on any atom is 0.239 e. The van der Waals surface area contributed by atoms with Crippen LogP contribution in [0, 0.1) is 0 Å². The van der Waals surface area contributed by atoms with Crippen LogP contribution in [0.2, 0.25) is 0 Å². The summed E-state index contributed by atoms with van der Waals surface area (Å²) in [5.41, 5.74) is 2.26. The molecule has 0 bridgehead atoms. The summed E-state index contributed by atoms with van der Waals surface area (Å²) in [6.07, 6.45) is 4.02. The Bertz CT molecular complexity index is 639. The number of hydrogen-bond donors (Lipinski definition) is 3. The number of guanidine groups is 1. The van der Waals surface area contributed by atoms with Gasteiger partial charge in [-0.3, -0.25) is 4.79 Å². The third kappa shape index (κ3) is 6.41. The van der Waals surface area contributed by atoms with Gasteiger partial charge in [-0.2, -0.15) is 0 Å². The highest BCUT2D eigenvalue weighted by Gasteiger charge is 2.16. The fourth-order valence-electron chi connectivity index (χ4n) is 3.70. The molecule has 2 fully saturated rings. The van der Waals surface area contributed by atoms with Gasteiger partial charge in [0.1, 0.15) is 0 Å². The second kappa shape index (κ2) is 10.9. The van der Waals surface area contributed by atoms with Crippen LogP contribution in [-0.2, 0) is 11.3 Å². The largest absolute Gasteiger partial charge is 0.360 e. The highest BCUT2D eigenvalue weighted by atomic mass is 16.2. The zero-order chi connectivity index (χ0) is 19.6. The first kappa shape index (κ1) is 20.5. The van der Waals surface area contributed by atoms with Crippen LogP contribution in [0.3, 0.4) is 0 Å². The van der Waals surface area contributed by atoms with Gasteiger partial charge in [0.05, 0.1) is 13.1 Å². The number of rotatable bonds is 7. The first-order valence-electron chi connectivity index (χ1n) is 10.6. The summed E-state index contributed by atoms with van der Waals surface area (Å²) in [6, 6.07) is 8.37. The van der Waals surface area contributed by atoms with E-state index in [2.05, 4.69) is 56.9 Å². The van der Waals surface area contributed by atoms with E-state index in [0.29, 0.717) is 19.6 Å². The van der Waals surface area contributed by atoms with Crippen LogP contribution in [0.15, 0.2) is 29.3 Å². The van der Waals surface area contributed by atoms with E-state index in [4.69, 9.17) is 4.99 Å². The lowest BCUT2D eigenvalue weighted by molar-refractivity contribution is -0.120. The Labute approximate surface area is 168 Å². The number of aliphatic imine (C=N–C) groups is 1. The van der Waals surface area contributed by atoms with E-state index in [0.717, 1.165) is 37.8 Å². The Kier molecular flexibility index (Phi) is 7.96. The van der Waals surface area contributed by atoms with E-state index < -0.39 is 0 Å². The maximum absolute atomic E-state index is 11.6. The molecule has 0 saturated carbocycles. The third-order valence-corrected chi connectivity index (χ3v) is 5.27. The normalized spacial score (nSPS) is 18.7. The fraction of sp³-hybridized carbons (Fsp3) is 0.619. The van der Waals surface area contributed by atoms with Gasteiger partial charge in [0, 0.05) is 38.4 Å². The molecular weight excluding hydrogens is 352 g/mol. The molecule has 0 radical (unpaired) electrons. The van der Waals surface area contributed by atoms with Crippen LogP contribution in [0.5, 0.6) is 0 Å². The minimum Gasteiger partial charge on any atom is -0.360 e. The number of carbonyl (C=O) groups is 1. The Morgan fingerprint density at radius 1 is 1.11 bits per heavy atom. The van der Waals surface area contributed by atoms with Crippen molar-refractivity contribution in [2.75, 3.05) is 57.3 Å². The van der Waals surface area contributed by atoms with Crippen molar-refractivity contribution in [3.05, 3.63) is 29.8 Å². The monoisotopic (exact) mass is 386 g/mol. The van der Waals surface area contributed by atoms with E-state index in [1.165, 1.54) is 37.9 Å². The summed E-state index contributed by atoms with van der Waals surface area (Å²) in [5, 5.41) is 9.64. The molecule has 7 nitrogen and oxygen atoms in total. The second-order valence-corrected chi connectivity index (χ2v) is 7.46. The van der Waals surface area contributed by atoms with E-state index in [1.807, 2.05) is 0 Å². The standard InChI is InChI=1S/C21H34N6O/c1-2-22-21(24-10-14-26-12-4-3-5-13-26)25-16-18-6-8-19(9-7-18)27-15-11-23-20(28)17-27/h6-9H,2-5,10-17H2,1H3,(H,23,28)(H2,22,24,25). The van der Waals surface area contributed by atoms with Crippen molar-refractivity contribution < 1.29 is 4.79 Å². The van der Waals surface area contributed by atoms with Crippen LogP contribution in [0.1, 0.15) is 31.7 Å². The van der Waals surface area contributed by atoms with Crippen molar-refractivity contribution in [2.24, 2.45) is 4.99 Å². The van der Waals surface area contributed by atoms with Gasteiger partial charge in [0.2, 0.25) is 5.91 Å². The molecule has 154 valence electrons. The first-order chi connectivity index (χ1) is 13.7. The average molecular weight is 387 g/mol.